The molecule has 0 amide bonds. The molecule has 0 spiro atoms. The van der Waals surface area contributed by atoms with Crippen molar-refractivity contribution in [3.05, 3.63) is 63.9 Å². The standard InChI is InChI=1S/C20H15BrF3N3O2S/c1-29-15-8-4-12(5-9-15)16-11-30-19(25-16)27-26-18(20(22,23)24)10-17(28)13-2-6-14(21)7-3-13/h2-9,11H,10H2,1H3,(H,25,27)/b26-18-. The number of nitrogens with zero attached hydrogens (tertiary/aromatic N) is 2. The lowest BCUT2D eigenvalue weighted by Gasteiger charge is -2.10. The molecule has 0 unspecified atom stereocenters. The minimum atomic E-state index is -4.76. The molecule has 30 heavy (non-hydrogen) atoms. The maximum atomic E-state index is 13.3. The van der Waals surface area contributed by atoms with E-state index in [0.717, 1.165) is 21.4 Å². The van der Waals surface area contributed by atoms with Gasteiger partial charge >= 0.3 is 6.18 Å². The van der Waals surface area contributed by atoms with Crippen molar-refractivity contribution in [3.8, 4) is 17.0 Å². The molecule has 0 saturated carbocycles. The van der Waals surface area contributed by atoms with Crippen molar-refractivity contribution >= 4 is 43.9 Å². The summed E-state index contributed by atoms with van der Waals surface area (Å²) in [6.45, 7) is 0. The first-order valence-electron chi connectivity index (χ1n) is 8.55. The number of aromatic nitrogens is 1. The van der Waals surface area contributed by atoms with Gasteiger partial charge in [0.15, 0.2) is 5.78 Å². The third-order valence-corrected chi connectivity index (χ3v) is 5.27. The Kier molecular flexibility index (Phi) is 6.88. The van der Waals surface area contributed by atoms with E-state index in [1.165, 1.54) is 12.1 Å². The van der Waals surface area contributed by atoms with E-state index in [0.29, 0.717) is 11.4 Å². The van der Waals surface area contributed by atoms with Crippen LogP contribution >= 0.6 is 27.3 Å². The highest BCUT2D eigenvalue weighted by atomic mass is 79.9. The largest absolute Gasteiger partial charge is 0.497 e. The normalized spacial score (nSPS) is 12.0. The average molecular weight is 498 g/mol. The lowest BCUT2D eigenvalue weighted by atomic mass is 10.1. The number of hydrazone groups is 1. The molecule has 1 N–H and O–H groups in total. The lowest BCUT2D eigenvalue weighted by Crippen LogP contribution is -2.27. The van der Waals surface area contributed by atoms with Crippen LogP contribution in [0.5, 0.6) is 5.75 Å². The Hall–Kier alpha value is -2.72. The van der Waals surface area contributed by atoms with Gasteiger partial charge in [-0.25, -0.2) is 4.98 Å². The number of benzene rings is 2. The number of alkyl halides is 3. The van der Waals surface area contributed by atoms with E-state index in [2.05, 4.69) is 31.4 Å². The van der Waals surface area contributed by atoms with Crippen LogP contribution in [0.1, 0.15) is 16.8 Å². The molecule has 0 aliphatic carbocycles. The number of ketones is 1. The Morgan fingerprint density at radius 3 is 2.43 bits per heavy atom. The van der Waals surface area contributed by atoms with Crippen LogP contribution < -0.4 is 10.2 Å². The van der Waals surface area contributed by atoms with E-state index in [9.17, 15) is 18.0 Å². The number of Topliss-reactive ketones (excluding diaryl/α,β-unsaturated/α-hetero) is 1. The quantitative estimate of drug-likeness (QED) is 0.240. The number of carbonyl (C=O) groups is 1. The first kappa shape index (κ1) is 22.0. The highest BCUT2D eigenvalue weighted by Gasteiger charge is 2.37. The maximum Gasteiger partial charge on any atom is 0.431 e. The maximum absolute atomic E-state index is 13.3. The van der Waals surface area contributed by atoms with Gasteiger partial charge in [-0.1, -0.05) is 28.1 Å². The van der Waals surface area contributed by atoms with Crippen LogP contribution in [0.2, 0.25) is 0 Å². The van der Waals surface area contributed by atoms with Crippen LogP contribution in [0.15, 0.2) is 63.5 Å². The summed E-state index contributed by atoms with van der Waals surface area (Å²) in [5.41, 5.74) is 2.63. The molecule has 3 aromatic rings. The molecule has 0 saturated heterocycles. The number of ether oxygens (including phenoxy) is 1. The van der Waals surface area contributed by atoms with Crippen molar-refractivity contribution in [2.24, 2.45) is 5.10 Å². The van der Waals surface area contributed by atoms with E-state index in [1.54, 1.807) is 48.9 Å². The molecule has 0 bridgehead atoms. The summed E-state index contributed by atoms with van der Waals surface area (Å²) in [6, 6.07) is 13.2. The Morgan fingerprint density at radius 2 is 1.83 bits per heavy atom. The van der Waals surface area contributed by atoms with Gasteiger partial charge in [0.05, 0.1) is 19.2 Å². The van der Waals surface area contributed by atoms with Gasteiger partial charge in [0.1, 0.15) is 11.5 Å². The number of hydrogen-bond acceptors (Lipinski definition) is 6. The number of carbonyl (C=O) groups excluding carboxylic acids is 1. The van der Waals surface area contributed by atoms with Crippen molar-refractivity contribution in [3.63, 3.8) is 0 Å². The molecule has 0 fully saturated rings. The second-order valence-electron chi connectivity index (χ2n) is 6.04. The molecular formula is C20H15BrF3N3O2S. The zero-order valence-corrected chi connectivity index (χ0v) is 17.9. The minimum Gasteiger partial charge on any atom is -0.497 e. The Morgan fingerprint density at radius 1 is 1.17 bits per heavy atom. The summed E-state index contributed by atoms with van der Waals surface area (Å²) in [5.74, 6) is 0.000578. The summed E-state index contributed by atoms with van der Waals surface area (Å²) >= 11 is 4.32. The fraction of sp³-hybridized carbons (Fsp3) is 0.150. The highest BCUT2D eigenvalue weighted by Crippen LogP contribution is 2.27. The molecule has 0 aliphatic rings. The van der Waals surface area contributed by atoms with Gasteiger partial charge in [-0.05, 0) is 36.4 Å². The van der Waals surface area contributed by atoms with Gasteiger partial charge in [-0.3, -0.25) is 10.2 Å². The van der Waals surface area contributed by atoms with Gasteiger partial charge < -0.3 is 4.74 Å². The fourth-order valence-electron chi connectivity index (χ4n) is 2.43. The number of methoxy groups -OCH3 is 1. The van der Waals surface area contributed by atoms with Crippen molar-refractivity contribution in [2.45, 2.75) is 12.6 Å². The Balaban J connectivity index is 1.74. The highest BCUT2D eigenvalue weighted by molar-refractivity contribution is 9.10. The molecule has 0 radical (unpaired) electrons. The Labute approximate surface area is 182 Å². The van der Waals surface area contributed by atoms with Gasteiger partial charge in [-0.2, -0.15) is 18.3 Å². The van der Waals surface area contributed by atoms with Crippen molar-refractivity contribution in [1.82, 2.24) is 4.98 Å². The van der Waals surface area contributed by atoms with Crippen LogP contribution in [0.25, 0.3) is 11.3 Å². The van der Waals surface area contributed by atoms with Crippen molar-refractivity contribution in [1.29, 1.82) is 0 Å². The molecule has 5 nitrogen and oxygen atoms in total. The van der Waals surface area contributed by atoms with Crippen LogP contribution in [0.4, 0.5) is 18.3 Å². The van der Waals surface area contributed by atoms with E-state index in [-0.39, 0.29) is 10.7 Å². The molecule has 156 valence electrons. The van der Waals surface area contributed by atoms with E-state index < -0.39 is 24.1 Å². The fourth-order valence-corrected chi connectivity index (χ4v) is 3.35. The average Bonchev–Trinajstić information content (AvgIpc) is 3.19. The van der Waals surface area contributed by atoms with Crippen molar-refractivity contribution < 1.29 is 22.7 Å². The molecular weight excluding hydrogens is 483 g/mol. The lowest BCUT2D eigenvalue weighted by molar-refractivity contribution is -0.0602. The van der Waals surface area contributed by atoms with Crippen LogP contribution in [-0.4, -0.2) is 29.8 Å². The first-order valence-corrected chi connectivity index (χ1v) is 10.2. The van der Waals surface area contributed by atoms with Crippen molar-refractivity contribution in [2.75, 3.05) is 12.5 Å². The van der Waals surface area contributed by atoms with Crippen LogP contribution in [0, 0.1) is 0 Å². The third-order valence-electron chi connectivity index (χ3n) is 4.00. The van der Waals surface area contributed by atoms with Gasteiger partial charge in [0.2, 0.25) is 5.13 Å². The Bertz CT molecular complexity index is 1050. The first-order chi connectivity index (χ1) is 14.3. The molecule has 1 heterocycles. The molecule has 1 aromatic heterocycles. The topological polar surface area (TPSA) is 63.6 Å². The zero-order chi connectivity index (χ0) is 21.7. The van der Waals surface area contributed by atoms with Gasteiger partial charge in [0, 0.05) is 21.0 Å². The number of anilines is 1. The number of thiazole rings is 1. The zero-order valence-electron chi connectivity index (χ0n) is 15.5. The summed E-state index contributed by atoms with van der Waals surface area (Å²) < 4.78 is 45.9. The third kappa shape index (κ3) is 5.67. The van der Waals surface area contributed by atoms with Gasteiger partial charge in [0.25, 0.3) is 0 Å². The van der Waals surface area contributed by atoms with E-state index in [1.807, 2.05) is 0 Å². The second kappa shape index (κ2) is 9.40. The number of halogens is 4. The monoisotopic (exact) mass is 497 g/mol. The molecule has 0 atom stereocenters. The number of hydrogen-bond donors (Lipinski definition) is 1. The second-order valence-corrected chi connectivity index (χ2v) is 7.82. The van der Waals surface area contributed by atoms with E-state index >= 15 is 0 Å². The van der Waals surface area contributed by atoms with Crippen LogP contribution in [0.3, 0.4) is 0 Å². The number of nitrogens with one attached hydrogen (secondary N) is 1. The molecule has 3 rings (SSSR count). The van der Waals surface area contributed by atoms with Gasteiger partial charge in [-0.15, -0.1) is 11.3 Å². The molecule has 2 aromatic carbocycles. The summed E-state index contributed by atoms with van der Waals surface area (Å²) in [5, 5.41) is 5.30. The SMILES string of the molecule is COc1ccc(-c2csc(N/N=C(/CC(=O)c3ccc(Br)cc3)C(F)(F)F)n2)cc1. The van der Waals surface area contributed by atoms with E-state index in [4.69, 9.17) is 4.74 Å². The summed E-state index contributed by atoms with van der Waals surface area (Å²) in [6.07, 6.45) is -5.64. The smallest absolute Gasteiger partial charge is 0.431 e. The predicted octanol–water partition coefficient (Wildman–Crippen LogP) is 6.18. The molecule has 0 aliphatic heterocycles. The summed E-state index contributed by atoms with van der Waals surface area (Å²) in [7, 11) is 1.55. The van der Waals surface area contributed by atoms with Crippen LogP contribution in [-0.2, 0) is 0 Å². The molecule has 10 heteroatoms. The predicted molar refractivity (Wildman–Crippen MR) is 114 cm³/mol. The number of rotatable bonds is 7. The summed E-state index contributed by atoms with van der Waals surface area (Å²) in [4.78, 5) is 16.5. The minimum absolute atomic E-state index is 0.172.